The Morgan fingerprint density at radius 3 is 2.85 bits per heavy atom. The van der Waals surface area contributed by atoms with Crippen LogP contribution in [0, 0.1) is 0 Å². The first-order chi connectivity index (χ1) is 6.15. The van der Waals surface area contributed by atoms with Crippen molar-refractivity contribution in [2.24, 2.45) is 0 Å². The van der Waals surface area contributed by atoms with Crippen molar-refractivity contribution in [3.8, 4) is 0 Å². The summed E-state index contributed by atoms with van der Waals surface area (Å²) in [7, 11) is 0. The SMILES string of the molecule is CCOC(=O)c1ccc(C(C)O)[nH]1. The Morgan fingerprint density at radius 1 is 1.69 bits per heavy atom. The molecular formula is C9H13NO3. The van der Waals surface area contributed by atoms with Gasteiger partial charge in [0.15, 0.2) is 0 Å². The molecule has 0 aliphatic carbocycles. The number of aromatic amines is 1. The molecule has 0 aliphatic heterocycles. The van der Waals surface area contributed by atoms with Crippen molar-refractivity contribution in [1.82, 2.24) is 4.98 Å². The van der Waals surface area contributed by atoms with Gasteiger partial charge in [-0.25, -0.2) is 4.79 Å². The van der Waals surface area contributed by atoms with Crippen LogP contribution in [0.5, 0.6) is 0 Å². The maximum Gasteiger partial charge on any atom is 0.354 e. The Hall–Kier alpha value is -1.29. The van der Waals surface area contributed by atoms with Gasteiger partial charge in [-0.1, -0.05) is 0 Å². The Labute approximate surface area is 76.5 Å². The lowest BCUT2D eigenvalue weighted by Gasteiger charge is -2.00. The van der Waals surface area contributed by atoms with E-state index in [0.29, 0.717) is 18.0 Å². The maximum atomic E-state index is 11.1. The van der Waals surface area contributed by atoms with Crippen LogP contribution in [0.4, 0.5) is 0 Å². The molecule has 0 aliphatic rings. The normalized spacial score (nSPS) is 12.5. The summed E-state index contributed by atoms with van der Waals surface area (Å²) in [5, 5.41) is 9.17. The summed E-state index contributed by atoms with van der Waals surface area (Å²) in [6, 6.07) is 3.26. The van der Waals surface area contributed by atoms with Crippen LogP contribution in [0.2, 0.25) is 0 Å². The number of aromatic nitrogens is 1. The number of aliphatic hydroxyl groups excluding tert-OH is 1. The molecule has 13 heavy (non-hydrogen) atoms. The first-order valence-electron chi connectivity index (χ1n) is 4.19. The van der Waals surface area contributed by atoms with Crippen LogP contribution in [-0.2, 0) is 4.74 Å². The topological polar surface area (TPSA) is 62.3 Å². The Bertz CT molecular complexity index is 291. The number of rotatable bonds is 3. The van der Waals surface area contributed by atoms with Gasteiger partial charge in [0.2, 0.25) is 0 Å². The average molecular weight is 183 g/mol. The molecule has 0 bridgehead atoms. The number of ether oxygens (including phenoxy) is 1. The van der Waals surface area contributed by atoms with E-state index >= 15 is 0 Å². The van der Waals surface area contributed by atoms with Gasteiger partial charge in [0.05, 0.1) is 12.7 Å². The molecule has 72 valence electrons. The van der Waals surface area contributed by atoms with Gasteiger partial charge in [-0.2, -0.15) is 0 Å². The van der Waals surface area contributed by atoms with Crippen molar-refractivity contribution in [2.45, 2.75) is 20.0 Å². The van der Waals surface area contributed by atoms with Gasteiger partial charge in [0.1, 0.15) is 5.69 Å². The van der Waals surface area contributed by atoms with Crippen molar-refractivity contribution in [3.05, 3.63) is 23.5 Å². The zero-order valence-corrected chi connectivity index (χ0v) is 7.70. The minimum Gasteiger partial charge on any atom is -0.461 e. The summed E-state index contributed by atoms with van der Waals surface area (Å²) in [6.07, 6.45) is -0.594. The number of H-pyrrole nitrogens is 1. The standard InChI is InChI=1S/C9H13NO3/c1-3-13-9(12)8-5-4-7(10-8)6(2)11/h4-6,10-11H,3H2,1-2H3. The monoisotopic (exact) mass is 183 g/mol. The summed E-state index contributed by atoms with van der Waals surface area (Å²) in [4.78, 5) is 13.9. The van der Waals surface area contributed by atoms with Crippen LogP contribution < -0.4 is 0 Å². The van der Waals surface area contributed by atoms with Crippen molar-refractivity contribution in [3.63, 3.8) is 0 Å². The fourth-order valence-electron chi connectivity index (χ4n) is 0.984. The largest absolute Gasteiger partial charge is 0.461 e. The summed E-state index contributed by atoms with van der Waals surface area (Å²) in [5.74, 6) is -0.394. The zero-order valence-electron chi connectivity index (χ0n) is 7.70. The van der Waals surface area contributed by atoms with Crippen LogP contribution in [0.3, 0.4) is 0 Å². The quantitative estimate of drug-likeness (QED) is 0.693. The summed E-state index contributed by atoms with van der Waals surface area (Å²) < 4.78 is 4.77. The molecule has 1 unspecified atom stereocenters. The van der Waals surface area contributed by atoms with E-state index in [1.807, 2.05) is 0 Å². The highest BCUT2D eigenvalue weighted by atomic mass is 16.5. The lowest BCUT2D eigenvalue weighted by atomic mass is 10.3. The number of aliphatic hydroxyl groups is 1. The third kappa shape index (κ3) is 2.32. The van der Waals surface area contributed by atoms with Crippen molar-refractivity contribution < 1.29 is 14.6 Å². The van der Waals surface area contributed by atoms with Crippen LogP contribution >= 0.6 is 0 Å². The molecule has 4 heteroatoms. The molecule has 1 heterocycles. The highest BCUT2D eigenvalue weighted by Crippen LogP contribution is 2.11. The van der Waals surface area contributed by atoms with Gasteiger partial charge in [0, 0.05) is 5.69 Å². The maximum absolute atomic E-state index is 11.1. The minimum absolute atomic E-state index is 0.349. The van der Waals surface area contributed by atoms with Crippen molar-refractivity contribution in [1.29, 1.82) is 0 Å². The highest BCUT2D eigenvalue weighted by molar-refractivity contribution is 5.87. The van der Waals surface area contributed by atoms with Crippen LogP contribution in [0.1, 0.15) is 36.1 Å². The molecule has 0 radical (unpaired) electrons. The average Bonchev–Trinajstić information content (AvgIpc) is 2.52. The van der Waals surface area contributed by atoms with Gasteiger partial charge >= 0.3 is 5.97 Å². The van der Waals surface area contributed by atoms with Gasteiger partial charge < -0.3 is 14.8 Å². The zero-order chi connectivity index (χ0) is 9.84. The Morgan fingerprint density at radius 2 is 2.38 bits per heavy atom. The number of hydrogen-bond acceptors (Lipinski definition) is 3. The van der Waals surface area contributed by atoms with E-state index < -0.39 is 12.1 Å². The predicted octanol–water partition coefficient (Wildman–Crippen LogP) is 1.24. The summed E-state index contributed by atoms with van der Waals surface area (Å²) in [6.45, 7) is 3.72. The summed E-state index contributed by atoms with van der Waals surface area (Å²) in [5.41, 5.74) is 0.987. The predicted molar refractivity (Wildman–Crippen MR) is 47.4 cm³/mol. The second kappa shape index (κ2) is 4.09. The van der Waals surface area contributed by atoms with Gasteiger partial charge in [-0.05, 0) is 26.0 Å². The number of carbonyl (C=O) groups excluding carboxylic acids is 1. The molecule has 2 N–H and O–H groups in total. The number of carbonyl (C=O) groups is 1. The lowest BCUT2D eigenvalue weighted by Crippen LogP contribution is -2.05. The van der Waals surface area contributed by atoms with Crippen molar-refractivity contribution in [2.75, 3.05) is 6.61 Å². The van der Waals surface area contributed by atoms with Gasteiger partial charge in [-0.15, -0.1) is 0 Å². The number of hydrogen-bond donors (Lipinski definition) is 2. The van der Waals surface area contributed by atoms with Crippen molar-refractivity contribution >= 4 is 5.97 Å². The molecule has 1 atom stereocenters. The van der Waals surface area contributed by atoms with Crippen LogP contribution in [0.25, 0.3) is 0 Å². The fraction of sp³-hybridized carbons (Fsp3) is 0.444. The molecule has 0 fully saturated rings. The molecule has 0 amide bonds. The highest BCUT2D eigenvalue weighted by Gasteiger charge is 2.10. The molecule has 0 spiro atoms. The molecule has 4 nitrogen and oxygen atoms in total. The second-order valence-electron chi connectivity index (χ2n) is 2.72. The summed E-state index contributed by atoms with van der Waals surface area (Å²) >= 11 is 0. The van der Waals surface area contributed by atoms with Crippen LogP contribution in [-0.4, -0.2) is 22.7 Å². The smallest absolute Gasteiger partial charge is 0.354 e. The first kappa shape index (κ1) is 9.80. The fourth-order valence-corrected chi connectivity index (χ4v) is 0.984. The third-order valence-electron chi connectivity index (χ3n) is 1.65. The van der Waals surface area contributed by atoms with E-state index in [4.69, 9.17) is 9.84 Å². The molecule has 0 aromatic carbocycles. The van der Waals surface area contributed by atoms with E-state index in [0.717, 1.165) is 0 Å². The number of nitrogens with one attached hydrogen (secondary N) is 1. The minimum atomic E-state index is -0.594. The molecule has 1 aromatic heterocycles. The van der Waals surface area contributed by atoms with E-state index in [1.165, 1.54) is 0 Å². The molecule has 0 saturated carbocycles. The lowest BCUT2D eigenvalue weighted by molar-refractivity contribution is 0.0519. The Kier molecular flexibility index (Phi) is 3.08. The number of esters is 1. The molecule has 1 aromatic rings. The second-order valence-corrected chi connectivity index (χ2v) is 2.72. The van der Waals surface area contributed by atoms with E-state index in [1.54, 1.807) is 26.0 Å². The van der Waals surface area contributed by atoms with E-state index in [-0.39, 0.29) is 0 Å². The molecule has 0 saturated heterocycles. The first-order valence-corrected chi connectivity index (χ1v) is 4.19. The molecule has 1 rings (SSSR count). The van der Waals surface area contributed by atoms with Crippen LogP contribution in [0.15, 0.2) is 12.1 Å². The van der Waals surface area contributed by atoms with E-state index in [2.05, 4.69) is 4.98 Å². The Balaban J connectivity index is 2.73. The van der Waals surface area contributed by atoms with Gasteiger partial charge in [-0.3, -0.25) is 0 Å². The van der Waals surface area contributed by atoms with E-state index in [9.17, 15) is 4.79 Å². The van der Waals surface area contributed by atoms with Gasteiger partial charge in [0.25, 0.3) is 0 Å². The third-order valence-corrected chi connectivity index (χ3v) is 1.65. The molecular weight excluding hydrogens is 170 g/mol.